The van der Waals surface area contributed by atoms with Gasteiger partial charge in [0.2, 0.25) is 11.8 Å². The Balaban J connectivity index is 1.16. The zero-order valence-corrected chi connectivity index (χ0v) is 29.2. The fourth-order valence-electron chi connectivity index (χ4n) is 8.57. The number of benzene rings is 1. The Labute approximate surface area is 278 Å². The summed E-state index contributed by atoms with van der Waals surface area (Å²) in [6, 6.07) is 9.85. The lowest BCUT2D eigenvalue weighted by Crippen LogP contribution is -2.50. The summed E-state index contributed by atoms with van der Waals surface area (Å²) >= 11 is 1.73. The zero-order valence-electron chi connectivity index (χ0n) is 28.4. The molecule has 4 aliphatic rings. The van der Waals surface area contributed by atoms with E-state index in [-0.39, 0.29) is 17.9 Å². The summed E-state index contributed by atoms with van der Waals surface area (Å²) in [5.74, 6) is 0.558. The highest BCUT2D eigenvalue weighted by molar-refractivity contribution is 7.19. The monoisotopic (exact) mass is 645 g/mol. The first kappa shape index (κ1) is 31.9. The van der Waals surface area contributed by atoms with Gasteiger partial charge in [0, 0.05) is 80.8 Å². The molecule has 0 aliphatic carbocycles. The van der Waals surface area contributed by atoms with E-state index in [4.69, 9.17) is 4.74 Å². The van der Waals surface area contributed by atoms with Gasteiger partial charge in [-0.2, -0.15) is 0 Å². The third kappa shape index (κ3) is 5.93. The number of piperazine rings is 1. The van der Waals surface area contributed by atoms with Gasteiger partial charge in [-0.1, -0.05) is 17.2 Å². The van der Waals surface area contributed by atoms with Crippen LogP contribution in [-0.2, 0) is 19.7 Å². The fraction of sp³-hybridized carbons (Fsp3) is 0.622. The first-order valence-corrected chi connectivity index (χ1v) is 18.3. The molecule has 7 rings (SSSR count). The Kier molecular flexibility index (Phi) is 8.80. The van der Waals surface area contributed by atoms with Crippen LogP contribution < -0.4 is 0 Å². The summed E-state index contributed by atoms with van der Waals surface area (Å²) in [4.78, 5) is 41.9. The normalized spacial score (nSPS) is 23.2. The maximum absolute atomic E-state index is 14.1. The summed E-state index contributed by atoms with van der Waals surface area (Å²) < 4.78 is 6.34. The van der Waals surface area contributed by atoms with Crippen LogP contribution in [0.15, 0.2) is 24.3 Å². The first-order chi connectivity index (χ1) is 22.1. The number of aromatic amines is 1. The van der Waals surface area contributed by atoms with E-state index in [1.54, 1.807) is 11.3 Å². The molecule has 3 aromatic rings. The second-order valence-electron chi connectivity index (χ2n) is 14.8. The minimum Gasteiger partial charge on any atom is -0.375 e. The average Bonchev–Trinajstić information content (AvgIpc) is 3.87. The van der Waals surface area contributed by atoms with Gasteiger partial charge in [0.05, 0.1) is 23.8 Å². The number of hydrogen-bond acceptors (Lipinski definition) is 6. The van der Waals surface area contributed by atoms with Crippen molar-refractivity contribution >= 4 is 33.4 Å². The number of carbonyl (C=O) groups is 2. The molecule has 1 atom stereocenters. The molecule has 0 spiro atoms. The zero-order chi connectivity index (χ0) is 32.2. The summed E-state index contributed by atoms with van der Waals surface area (Å²) in [6.07, 6.45) is 6.73. The molecule has 1 aromatic carbocycles. The number of rotatable bonds is 9. The van der Waals surface area contributed by atoms with E-state index in [0.717, 1.165) is 99.7 Å². The van der Waals surface area contributed by atoms with E-state index in [1.807, 2.05) is 12.0 Å². The van der Waals surface area contributed by atoms with Gasteiger partial charge in [-0.3, -0.25) is 19.4 Å². The number of amides is 2. The molecule has 2 amide bonds. The van der Waals surface area contributed by atoms with Crippen LogP contribution in [0.1, 0.15) is 80.0 Å². The lowest BCUT2D eigenvalue weighted by Gasteiger charge is -2.36. The molecule has 4 fully saturated rings. The van der Waals surface area contributed by atoms with Gasteiger partial charge in [-0.15, -0.1) is 11.3 Å². The Bertz CT molecular complexity index is 1560. The topological polar surface area (TPSA) is 72.1 Å². The highest BCUT2D eigenvalue weighted by Gasteiger charge is 2.47. The highest BCUT2D eigenvalue weighted by atomic mass is 32.1. The summed E-state index contributed by atoms with van der Waals surface area (Å²) in [5.41, 5.74) is 5.36. The number of nitrogens with one attached hydrogen (secondary N) is 1. The van der Waals surface area contributed by atoms with Crippen LogP contribution in [0, 0.1) is 13.8 Å². The van der Waals surface area contributed by atoms with Crippen LogP contribution in [0.4, 0.5) is 0 Å². The van der Waals surface area contributed by atoms with Crippen molar-refractivity contribution in [1.82, 2.24) is 24.6 Å². The van der Waals surface area contributed by atoms with E-state index in [9.17, 15) is 9.59 Å². The third-order valence-corrected chi connectivity index (χ3v) is 12.6. The van der Waals surface area contributed by atoms with Gasteiger partial charge in [0.15, 0.2) is 0 Å². The molecular weight excluding hydrogens is 595 g/mol. The predicted molar refractivity (Wildman–Crippen MR) is 185 cm³/mol. The molecule has 4 saturated heterocycles. The number of carbonyl (C=O) groups excluding carboxylic acids is 2. The molecule has 2 bridgehead atoms. The molecular formula is C37H51N5O3S. The maximum atomic E-state index is 14.1. The van der Waals surface area contributed by atoms with E-state index in [0.29, 0.717) is 18.6 Å². The van der Waals surface area contributed by atoms with Gasteiger partial charge < -0.3 is 19.5 Å². The van der Waals surface area contributed by atoms with Crippen molar-refractivity contribution in [2.75, 3.05) is 59.5 Å². The Morgan fingerprint density at radius 3 is 2.13 bits per heavy atom. The number of thiophene rings is 1. The van der Waals surface area contributed by atoms with E-state index in [2.05, 4.69) is 71.6 Å². The molecule has 2 aromatic heterocycles. The van der Waals surface area contributed by atoms with Crippen LogP contribution >= 0.6 is 11.3 Å². The van der Waals surface area contributed by atoms with Crippen molar-refractivity contribution in [3.8, 4) is 11.3 Å². The van der Waals surface area contributed by atoms with E-state index < -0.39 is 5.41 Å². The van der Waals surface area contributed by atoms with Crippen LogP contribution in [0.5, 0.6) is 0 Å². The predicted octanol–water partition coefficient (Wildman–Crippen LogP) is 5.87. The van der Waals surface area contributed by atoms with Gasteiger partial charge in [0.25, 0.3) is 0 Å². The second kappa shape index (κ2) is 12.7. The van der Waals surface area contributed by atoms with Crippen molar-refractivity contribution < 1.29 is 14.3 Å². The largest absolute Gasteiger partial charge is 0.375 e. The number of fused-ring (bicyclic) bond motifs is 3. The lowest BCUT2D eigenvalue weighted by molar-refractivity contribution is -0.137. The molecule has 0 saturated carbocycles. The number of ether oxygens (including phenoxy) is 1. The van der Waals surface area contributed by atoms with Crippen molar-refractivity contribution in [1.29, 1.82) is 0 Å². The number of hydrogen-bond donors (Lipinski definition) is 1. The number of aromatic nitrogens is 1. The number of likely N-dealkylation sites (tertiary alicyclic amines) is 1. The van der Waals surface area contributed by atoms with Crippen molar-refractivity contribution in [3.63, 3.8) is 0 Å². The summed E-state index contributed by atoms with van der Waals surface area (Å²) in [6.45, 7) is 15.3. The second-order valence-corrected chi connectivity index (χ2v) is 15.9. The van der Waals surface area contributed by atoms with Gasteiger partial charge in [-0.25, -0.2) is 0 Å². The SMILES string of the molecule is COC(CN1CCN(CC(=O)N2CCCC2)CC1)c1c(-c2cc(C)cc(C)c2)[nH]c2sc(C(C)(C)C(=O)N3C4CCC3CC4)cc12. The third-order valence-electron chi connectivity index (χ3n) is 11.2. The smallest absolute Gasteiger partial charge is 0.236 e. The van der Waals surface area contributed by atoms with Crippen molar-refractivity contribution in [2.45, 2.75) is 89.8 Å². The van der Waals surface area contributed by atoms with Gasteiger partial charge in [-0.05, 0) is 90.0 Å². The number of H-pyrrole nitrogens is 1. The van der Waals surface area contributed by atoms with E-state index in [1.165, 1.54) is 27.6 Å². The molecule has 6 heterocycles. The molecule has 248 valence electrons. The van der Waals surface area contributed by atoms with Crippen LogP contribution in [-0.4, -0.2) is 108 Å². The highest BCUT2D eigenvalue weighted by Crippen LogP contribution is 2.46. The maximum Gasteiger partial charge on any atom is 0.236 e. The minimum atomic E-state index is -0.585. The lowest BCUT2D eigenvalue weighted by atomic mass is 9.88. The molecule has 8 nitrogen and oxygen atoms in total. The van der Waals surface area contributed by atoms with Crippen molar-refractivity contribution in [2.24, 2.45) is 0 Å². The summed E-state index contributed by atoms with van der Waals surface area (Å²) in [5, 5.41) is 1.17. The Morgan fingerprint density at radius 2 is 1.52 bits per heavy atom. The standard InChI is InChI=1S/C37H51N5O3S/c1-24-18-25(2)20-26(19-24)34-33(30(45-5)22-39-14-16-40(17-15-39)23-32(43)41-12-6-7-13-41)29-21-31(46-35(29)38-34)37(3,4)36(44)42-27-8-9-28(42)11-10-27/h18-21,27-28,30,38H,6-17,22-23H2,1-5H3. The summed E-state index contributed by atoms with van der Waals surface area (Å²) in [7, 11) is 1.82. The number of methoxy groups -OCH3 is 1. The molecule has 46 heavy (non-hydrogen) atoms. The Morgan fingerprint density at radius 1 is 0.913 bits per heavy atom. The van der Waals surface area contributed by atoms with Gasteiger partial charge in [0.1, 0.15) is 4.83 Å². The molecule has 9 heteroatoms. The van der Waals surface area contributed by atoms with Crippen LogP contribution in [0.3, 0.4) is 0 Å². The Hall–Kier alpha value is -2.72. The number of aryl methyl sites for hydroxylation is 2. The van der Waals surface area contributed by atoms with Crippen LogP contribution in [0.2, 0.25) is 0 Å². The van der Waals surface area contributed by atoms with Crippen LogP contribution in [0.25, 0.3) is 21.5 Å². The number of nitrogens with zero attached hydrogens (tertiary/aromatic N) is 4. The minimum absolute atomic E-state index is 0.141. The first-order valence-electron chi connectivity index (χ1n) is 17.4. The molecule has 1 unspecified atom stereocenters. The van der Waals surface area contributed by atoms with Crippen molar-refractivity contribution in [3.05, 3.63) is 45.8 Å². The van der Waals surface area contributed by atoms with Gasteiger partial charge >= 0.3 is 0 Å². The fourth-order valence-corrected chi connectivity index (χ4v) is 9.74. The molecule has 1 N–H and O–H groups in total. The average molecular weight is 646 g/mol. The molecule has 4 aliphatic heterocycles. The quantitative estimate of drug-likeness (QED) is 0.315. The molecule has 0 radical (unpaired) electrons. The van der Waals surface area contributed by atoms with E-state index >= 15 is 0 Å².